The van der Waals surface area contributed by atoms with Gasteiger partial charge in [-0.2, -0.15) is 11.3 Å². The maximum Gasteiger partial charge on any atom is 0.252 e. The summed E-state index contributed by atoms with van der Waals surface area (Å²) in [5, 5.41) is 9.40. The summed E-state index contributed by atoms with van der Waals surface area (Å²) in [6.07, 6.45) is 3.53. The van der Waals surface area contributed by atoms with Crippen molar-refractivity contribution in [3.05, 3.63) is 52.2 Å². The fourth-order valence-electron chi connectivity index (χ4n) is 2.54. The van der Waals surface area contributed by atoms with Gasteiger partial charge in [-0.1, -0.05) is 12.1 Å². The quantitative estimate of drug-likeness (QED) is 0.623. The Balaban J connectivity index is 1.34. The summed E-state index contributed by atoms with van der Waals surface area (Å²) in [7, 11) is 0. The molecule has 0 saturated heterocycles. The average molecular weight is 372 g/mol. The summed E-state index contributed by atoms with van der Waals surface area (Å²) < 4.78 is 5.68. The number of anilines is 1. The molecule has 0 bridgehead atoms. The molecule has 2 aromatic rings. The molecule has 1 aromatic heterocycles. The van der Waals surface area contributed by atoms with Crippen LogP contribution in [-0.4, -0.2) is 25.0 Å². The first-order valence-corrected chi connectivity index (χ1v) is 9.92. The summed E-state index contributed by atoms with van der Waals surface area (Å²) in [5.74, 6) is 0.606. The maximum absolute atomic E-state index is 12.1. The molecule has 2 N–H and O–H groups in total. The smallest absolute Gasteiger partial charge is 0.252 e. The molecule has 5 nitrogen and oxygen atoms in total. The predicted molar refractivity (Wildman–Crippen MR) is 103 cm³/mol. The zero-order valence-electron chi connectivity index (χ0n) is 14.7. The van der Waals surface area contributed by atoms with Crippen molar-refractivity contribution >= 4 is 28.8 Å². The first kappa shape index (κ1) is 18.6. The van der Waals surface area contributed by atoms with Crippen LogP contribution in [0, 0.1) is 5.92 Å². The third-order valence-corrected chi connectivity index (χ3v) is 4.86. The summed E-state index contributed by atoms with van der Waals surface area (Å²) in [6, 6.07) is 9.53. The lowest BCUT2D eigenvalue weighted by Gasteiger charge is -2.08. The van der Waals surface area contributed by atoms with Crippen molar-refractivity contribution in [2.24, 2.45) is 5.92 Å². The molecule has 1 heterocycles. The summed E-state index contributed by atoms with van der Waals surface area (Å²) in [6.45, 7) is 1.89. The molecule has 0 aliphatic heterocycles. The molecule has 0 atom stereocenters. The number of carbonyl (C=O) groups excluding carboxylic acids is 2. The molecule has 1 saturated carbocycles. The van der Waals surface area contributed by atoms with Crippen molar-refractivity contribution in [2.75, 3.05) is 18.5 Å². The van der Waals surface area contributed by atoms with E-state index in [0.717, 1.165) is 23.8 Å². The minimum absolute atomic E-state index is 0.0502. The fourth-order valence-corrected chi connectivity index (χ4v) is 3.17. The number of nitrogens with one attached hydrogen (secondary N) is 2. The van der Waals surface area contributed by atoms with Crippen LogP contribution >= 0.6 is 11.3 Å². The van der Waals surface area contributed by atoms with E-state index >= 15 is 0 Å². The van der Waals surface area contributed by atoms with Crippen molar-refractivity contribution in [3.8, 4) is 0 Å². The van der Waals surface area contributed by atoms with Gasteiger partial charge < -0.3 is 15.4 Å². The number of hydrogen-bond acceptors (Lipinski definition) is 4. The lowest BCUT2D eigenvalue weighted by molar-refractivity contribution is -0.116. The second kappa shape index (κ2) is 9.50. The molecule has 1 aliphatic carbocycles. The monoisotopic (exact) mass is 372 g/mol. The number of hydrogen-bond donors (Lipinski definition) is 2. The van der Waals surface area contributed by atoms with Gasteiger partial charge in [-0.25, -0.2) is 0 Å². The normalized spacial score (nSPS) is 13.4. The zero-order chi connectivity index (χ0) is 18.2. The highest BCUT2D eigenvalue weighted by atomic mass is 32.1. The van der Waals surface area contributed by atoms with Crippen LogP contribution in [0.5, 0.6) is 0 Å². The Hall–Kier alpha value is -2.18. The molecule has 1 aliphatic rings. The van der Waals surface area contributed by atoms with Gasteiger partial charge in [0.1, 0.15) is 0 Å². The van der Waals surface area contributed by atoms with Gasteiger partial charge in [0.2, 0.25) is 5.91 Å². The van der Waals surface area contributed by atoms with Crippen molar-refractivity contribution in [2.45, 2.75) is 32.3 Å². The van der Waals surface area contributed by atoms with Crippen molar-refractivity contribution in [1.82, 2.24) is 5.32 Å². The van der Waals surface area contributed by atoms with E-state index in [1.54, 1.807) is 6.07 Å². The molecule has 2 amide bonds. The first-order chi connectivity index (χ1) is 12.7. The second-order valence-electron chi connectivity index (χ2n) is 6.58. The summed E-state index contributed by atoms with van der Waals surface area (Å²) >= 11 is 1.49. The molecule has 1 aromatic carbocycles. The van der Waals surface area contributed by atoms with E-state index in [2.05, 4.69) is 10.6 Å². The van der Waals surface area contributed by atoms with E-state index in [1.807, 2.05) is 35.0 Å². The van der Waals surface area contributed by atoms with E-state index in [4.69, 9.17) is 4.74 Å². The van der Waals surface area contributed by atoms with Crippen LogP contribution in [0.3, 0.4) is 0 Å². The van der Waals surface area contributed by atoms with E-state index in [0.29, 0.717) is 31.6 Å². The standard InChI is InChI=1S/C20H24N2O3S/c23-19(5-2-9-21-20(24)17-8-10-26-14-17)22-18-4-1-3-16(11-18)13-25-12-15-6-7-15/h1,3-4,8,10-11,14-15H,2,5-7,9,12-13H2,(H,21,24)(H,22,23). The molecular formula is C20H24N2O3S. The van der Waals surface area contributed by atoms with Crippen molar-refractivity contribution < 1.29 is 14.3 Å². The Bertz CT molecular complexity index is 726. The van der Waals surface area contributed by atoms with Gasteiger partial charge in [0.05, 0.1) is 6.61 Å². The van der Waals surface area contributed by atoms with Crippen LogP contribution in [0.15, 0.2) is 41.1 Å². The van der Waals surface area contributed by atoms with Gasteiger partial charge in [-0.05, 0) is 54.3 Å². The van der Waals surface area contributed by atoms with Crippen LogP contribution in [0.2, 0.25) is 0 Å². The zero-order valence-corrected chi connectivity index (χ0v) is 15.5. The number of carbonyl (C=O) groups is 2. The Kier molecular flexibility index (Phi) is 6.80. The Morgan fingerprint density at radius 3 is 2.88 bits per heavy atom. The molecule has 1 fully saturated rings. The molecule has 0 radical (unpaired) electrons. The Morgan fingerprint density at radius 1 is 1.23 bits per heavy atom. The van der Waals surface area contributed by atoms with E-state index in [9.17, 15) is 9.59 Å². The number of ether oxygens (including phenoxy) is 1. The fraction of sp³-hybridized carbons (Fsp3) is 0.400. The van der Waals surface area contributed by atoms with Gasteiger partial charge >= 0.3 is 0 Å². The number of benzene rings is 1. The van der Waals surface area contributed by atoms with Crippen LogP contribution in [0.1, 0.15) is 41.6 Å². The molecule has 6 heteroatoms. The Labute approximate surface area is 157 Å². The SMILES string of the molecule is O=C(CCCNC(=O)c1ccsc1)Nc1cccc(COCC2CC2)c1. The van der Waals surface area contributed by atoms with E-state index in [1.165, 1.54) is 24.2 Å². The minimum Gasteiger partial charge on any atom is -0.376 e. The third kappa shape index (κ3) is 6.28. The van der Waals surface area contributed by atoms with Crippen LogP contribution in [-0.2, 0) is 16.1 Å². The second-order valence-corrected chi connectivity index (χ2v) is 7.36. The average Bonchev–Trinajstić information content (AvgIpc) is 3.29. The van der Waals surface area contributed by atoms with E-state index < -0.39 is 0 Å². The topological polar surface area (TPSA) is 67.4 Å². The van der Waals surface area contributed by atoms with Gasteiger partial charge in [0.25, 0.3) is 5.91 Å². The van der Waals surface area contributed by atoms with Gasteiger partial charge in [0, 0.05) is 36.2 Å². The summed E-state index contributed by atoms with van der Waals surface area (Å²) in [4.78, 5) is 23.8. The summed E-state index contributed by atoms with van der Waals surface area (Å²) in [5.41, 5.74) is 2.51. The first-order valence-electron chi connectivity index (χ1n) is 8.97. The maximum atomic E-state index is 12.1. The van der Waals surface area contributed by atoms with Crippen LogP contribution in [0.25, 0.3) is 0 Å². The number of amides is 2. The highest BCUT2D eigenvalue weighted by molar-refractivity contribution is 7.08. The lowest BCUT2D eigenvalue weighted by atomic mass is 10.2. The molecule has 26 heavy (non-hydrogen) atoms. The molecular weight excluding hydrogens is 348 g/mol. The third-order valence-electron chi connectivity index (χ3n) is 4.18. The highest BCUT2D eigenvalue weighted by Gasteiger charge is 2.21. The van der Waals surface area contributed by atoms with Crippen molar-refractivity contribution in [3.63, 3.8) is 0 Å². The highest BCUT2D eigenvalue weighted by Crippen LogP contribution is 2.29. The molecule has 138 valence electrons. The molecule has 3 rings (SSSR count). The van der Waals surface area contributed by atoms with Gasteiger partial charge in [0.15, 0.2) is 0 Å². The van der Waals surface area contributed by atoms with E-state index in [-0.39, 0.29) is 11.8 Å². The number of rotatable bonds is 10. The lowest BCUT2D eigenvalue weighted by Crippen LogP contribution is -2.25. The minimum atomic E-state index is -0.0921. The largest absolute Gasteiger partial charge is 0.376 e. The van der Waals surface area contributed by atoms with Gasteiger partial charge in [-0.15, -0.1) is 0 Å². The number of thiophene rings is 1. The van der Waals surface area contributed by atoms with Gasteiger partial charge in [-0.3, -0.25) is 9.59 Å². The Morgan fingerprint density at radius 2 is 2.12 bits per heavy atom. The van der Waals surface area contributed by atoms with Crippen molar-refractivity contribution in [1.29, 1.82) is 0 Å². The molecule has 0 spiro atoms. The molecule has 0 unspecified atom stereocenters. The van der Waals surface area contributed by atoms with Crippen LogP contribution in [0.4, 0.5) is 5.69 Å². The predicted octanol–water partition coefficient (Wildman–Crippen LogP) is 3.82. The van der Waals surface area contributed by atoms with Crippen LogP contribution < -0.4 is 10.6 Å².